The van der Waals surface area contributed by atoms with Crippen molar-refractivity contribution in [2.45, 2.75) is 18.9 Å². The Kier molecular flexibility index (Phi) is 3.54. The number of anilines is 1. The summed E-state index contributed by atoms with van der Waals surface area (Å²) in [6, 6.07) is 15.1. The number of aromatic nitrogens is 1. The minimum atomic E-state index is -0.534. The summed E-state index contributed by atoms with van der Waals surface area (Å²) in [5.74, 6) is 1.14. The van der Waals surface area contributed by atoms with Gasteiger partial charge in [-0.3, -0.25) is 4.79 Å². The summed E-state index contributed by atoms with van der Waals surface area (Å²) in [6.07, 6.45) is 2.57. The van der Waals surface area contributed by atoms with Crippen molar-refractivity contribution in [2.24, 2.45) is 0 Å². The van der Waals surface area contributed by atoms with Crippen LogP contribution < -0.4 is 10.1 Å². The van der Waals surface area contributed by atoms with Gasteiger partial charge in [0.05, 0.1) is 6.20 Å². The zero-order valence-corrected chi connectivity index (χ0v) is 13.1. The highest BCUT2D eigenvalue weighted by Crippen LogP contribution is 2.38. The minimum Gasteiger partial charge on any atom is -0.480 e. The van der Waals surface area contributed by atoms with Gasteiger partial charge in [0.25, 0.3) is 5.91 Å². The van der Waals surface area contributed by atoms with Crippen molar-refractivity contribution >= 4 is 11.6 Å². The Balaban J connectivity index is 1.52. The topological polar surface area (TPSA) is 64.4 Å². The molecule has 120 valence electrons. The van der Waals surface area contributed by atoms with Gasteiger partial charge in [-0.25, -0.2) is 4.98 Å². The monoisotopic (exact) mass is 320 g/mol. The molecule has 0 saturated heterocycles. The zero-order chi connectivity index (χ0) is 16.5. The first-order valence-corrected chi connectivity index (χ1v) is 7.79. The van der Waals surface area contributed by atoms with E-state index in [-0.39, 0.29) is 11.8 Å². The quantitative estimate of drug-likeness (QED) is 0.796. The first-order valence-electron chi connectivity index (χ1n) is 7.79. The van der Waals surface area contributed by atoms with Gasteiger partial charge in [-0.1, -0.05) is 31.2 Å². The lowest BCUT2D eigenvalue weighted by atomic mass is 9.97. The highest BCUT2D eigenvalue weighted by molar-refractivity contribution is 5.96. The van der Waals surface area contributed by atoms with Crippen molar-refractivity contribution in [1.82, 2.24) is 4.98 Å². The van der Waals surface area contributed by atoms with Crippen LogP contribution in [-0.4, -0.2) is 17.0 Å². The van der Waals surface area contributed by atoms with Gasteiger partial charge in [0.15, 0.2) is 6.10 Å². The lowest BCUT2D eigenvalue weighted by molar-refractivity contribution is -0.122. The maximum Gasteiger partial charge on any atom is 0.266 e. The number of oxazole rings is 1. The van der Waals surface area contributed by atoms with Crippen LogP contribution in [0.2, 0.25) is 0 Å². The van der Waals surface area contributed by atoms with Gasteiger partial charge in [0.2, 0.25) is 5.89 Å². The smallest absolute Gasteiger partial charge is 0.266 e. The van der Waals surface area contributed by atoms with E-state index in [9.17, 15) is 4.79 Å². The number of hydrogen-bond acceptors (Lipinski definition) is 4. The Labute approximate surface area is 139 Å². The van der Waals surface area contributed by atoms with E-state index >= 15 is 0 Å². The molecule has 0 bridgehead atoms. The Morgan fingerprint density at radius 3 is 2.83 bits per heavy atom. The number of rotatable bonds is 3. The summed E-state index contributed by atoms with van der Waals surface area (Å²) in [5.41, 5.74) is 2.55. The van der Waals surface area contributed by atoms with Crippen molar-refractivity contribution in [2.75, 3.05) is 5.32 Å². The lowest BCUT2D eigenvalue weighted by Gasteiger charge is -2.15. The molecule has 1 aliphatic heterocycles. The third kappa shape index (κ3) is 2.54. The van der Waals surface area contributed by atoms with E-state index in [1.54, 1.807) is 6.20 Å². The van der Waals surface area contributed by atoms with E-state index in [2.05, 4.69) is 10.3 Å². The second-order valence-corrected chi connectivity index (χ2v) is 5.77. The molecule has 5 heteroatoms. The SMILES string of the molecule is C[C@@H]1c2ccccc2O[C@H]1C(=O)Nc1cccc(-c2ncco2)c1. The molecule has 2 atom stereocenters. The molecule has 0 aliphatic carbocycles. The van der Waals surface area contributed by atoms with Crippen LogP contribution in [0.15, 0.2) is 65.4 Å². The van der Waals surface area contributed by atoms with Crippen LogP contribution in [0.25, 0.3) is 11.5 Å². The van der Waals surface area contributed by atoms with Crippen LogP contribution in [0.5, 0.6) is 5.75 Å². The number of hydrogen-bond donors (Lipinski definition) is 1. The highest BCUT2D eigenvalue weighted by atomic mass is 16.5. The predicted molar refractivity (Wildman–Crippen MR) is 89.8 cm³/mol. The molecule has 0 fully saturated rings. The zero-order valence-electron chi connectivity index (χ0n) is 13.1. The Bertz CT molecular complexity index is 874. The Hall–Kier alpha value is -3.08. The van der Waals surface area contributed by atoms with Crippen LogP contribution in [0, 0.1) is 0 Å². The first-order chi connectivity index (χ1) is 11.7. The molecule has 1 amide bonds. The molecular formula is C19H16N2O3. The van der Waals surface area contributed by atoms with Gasteiger partial charge in [-0.2, -0.15) is 0 Å². The molecule has 0 radical (unpaired) electrons. The van der Waals surface area contributed by atoms with E-state index in [0.29, 0.717) is 11.6 Å². The number of ether oxygens (including phenoxy) is 1. The average Bonchev–Trinajstić information content (AvgIpc) is 3.24. The van der Waals surface area contributed by atoms with Crippen molar-refractivity contribution in [3.8, 4) is 17.2 Å². The molecule has 1 aliphatic rings. The molecule has 0 unspecified atom stereocenters. The maximum atomic E-state index is 12.6. The molecule has 2 aromatic carbocycles. The summed E-state index contributed by atoms with van der Waals surface area (Å²) in [5, 5.41) is 2.92. The summed E-state index contributed by atoms with van der Waals surface area (Å²) in [4.78, 5) is 16.7. The van der Waals surface area contributed by atoms with E-state index in [1.807, 2.05) is 55.5 Å². The lowest BCUT2D eigenvalue weighted by Crippen LogP contribution is -2.33. The second-order valence-electron chi connectivity index (χ2n) is 5.77. The van der Waals surface area contributed by atoms with Crippen LogP contribution in [0.1, 0.15) is 18.4 Å². The number of fused-ring (bicyclic) bond motifs is 1. The number of benzene rings is 2. The molecule has 1 N–H and O–H groups in total. The van der Waals surface area contributed by atoms with Crippen LogP contribution in [0.3, 0.4) is 0 Å². The van der Waals surface area contributed by atoms with Gasteiger partial charge in [0, 0.05) is 22.7 Å². The number of para-hydroxylation sites is 1. The van der Waals surface area contributed by atoms with Crippen LogP contribution >= 0.6 is 0 Å². The van der Waals surface area contributed by atoms with Gasteiger partial charge in [-0.15, -0.1) is 0 Å². The molecule has 0 saturated carbocycles. The standard InChI is InChI=1S/C19H16N2O3/c1-12-15-7-2-3-8-16(15)24-17(12)18(22)21-14-6-4-5-13(11-14)19-20-9-10-23-19/h2-12,17H,1H3,(H,21,22)/t12-,17-/m1/s1. The summed E-state index contributed by atoms with van der Waals surface area (Å²) >= 11 is 0. The molecule has 1 aromatic heterocycles. The average molecular weight is 320 g/mol. The number of carbonyl (C=O) groups is 1. The normalized spacial score (nSPS) is 18.7. The first kappa shape index (κ1) is 14.5. The third-order valence-electron chi connectivity index (χ3n) is 4.19. The van der Waals surface area contributed by atoms with Gasteiger partial charge >= 0.3 is 0 Å². The third-order valence-corrected chi connectivity index (χ3v) is 4.19. The number of nitrogens with one attached hydrogen (secondary N) is 1. The van der Waals surface area contributed by atoms with Crippen molar-refractivity contribution < 1.29 is 13.9 Å². The maximum absolute atomic E-state index is 12.6. The number of nitrogens with zero attached hydrogens (tertiary/aromatic N) is 1. The molecule has 0 spiro atoms. The predicted octanol–water partition coefficient (Wildman–Crippen LogP) is 3.84. The van der Waals surface area contributed by atoms with Gasteiger partial charge in [0.1, 0.15) is 12.0 Å². The molecule has 3 aromatic rings. The van der Waals surface area contributed by atoms with Crippen LogP contribution in [-0.2, 0) is 4.79 Å². The molecule has 2 heterocycles. The van der Waals surface area contributed by atoms with Gasteiger partial charge in [-0.05, 0) is 24.3 Å². The summed E-state index contributed by atoms with van der Waals surface area (Å²) < 4.78 is 11.1. The molecule has 24 heavy (non-hydrogen) atoms. The van der Waals surface area contributed by atoms with E-state index in [1.165, 1.54) is 6.26 Å². The van der Waals surface area contributed by atoms with E-state index in [4.69, 9.17) is 9.15 Å². The van der Waals surface area contributed by atoms with Crippen LogP contribution in [0.4, 0.5) is 5.69 Å². The Morgan fingerprint density at radius 2 is 2.04 bits per heavy atom. The number of carbonyl (C=O) groups excluding carboxylic acids is 1. The Morgan fingerprint density at radius 1 is 1.17 bits per heavy atom. The summed E-state index contributed by atoms with van der Waals surface area (Å²) in [6.45, 7) is 2.00. The highest BCUT2D eigenvalue weighted by Gasteiger charge is 2.36. The van der Waals surface area contributed by atoms with E-state index < -0.39 is 6.10 Å². The van der Waals surface area contributed by atoms with Crippen molar-refractivity contribution in [1.29, 1.82) is 0 Å². The number of amides is 1. The fourth-order valence-corrected chi connectivity index (χ4v) is 2.96. The van der Waals surface area contributed by atoms with Gasteiger partial charge < -0.3 is 14.5 Å². The summed E-state index contributed by atoms with van der Waals surface area (Å²) in [7, 11) is 0. The largest absolute Gasteiger partial charge is 0.480 e. The molecule has 4 rings (SSSR count). The fourth-order valence-electron chi connectivity index (χ4n) is 2.96. The molecule has 5 nitrogen and oxygen atoms in total. The second kappa shape index (κ2) is 5.85. The van der Waals surface area contributed by atoms with E-state index in [0.717, 1.165) is 16.9 Å². The van der Waals surface area contributed by atoms with Crippen molar-refractivity contribution in [3.05, 3.63) is 66.6 Å². The minimum absolute atomic E-state index is 0.0103. The molecular weight excluding hydrogens is 304 g/mol. The van der Waals surface area contributed by atoms with Crippen molar-refractivity contribution in [3.63, 3.8) is 0 Å². The fraction of sp³-hybridized carbons (Fsp3) is 0.158.